The molecule has 0 amide bonds. The topological polar surface area (TPSA) is 26.3 Å². The van der Waals surface area contributed by atoms with Crippen molar-refractivity contribution in [3.05, 3.63) is 12.7 Å². The smallest absolute Gasteiger partial charge is 0.330 e. The van der Waals surface area contributed by atoms with E-state index in [-0.39, 0.29) is 0 Å². The van der Waals surface area contributed by atoms with Gasteiger partial charge < -0.3 is 4.74 Å². The molecular weight excluding hydrogens is 257 g/mol. The van der Waals surface area contributed by atoms with Crippen LogP contribution in [0.4, 0.5) is 8.78 Å². The molecule has 0 aliphatic rings. The van der Waals surface area contributed by atoms with Crippen LogP contribution in [-0.4, -0.2) is 16.5 Å². The number of hydrogen-bond donors (Lipinski definition) is 0. The molecule has 58 valence electrons. The van der Waals surface area contributed by atoms with E-state index in [2.05, 4.69) is 11.3 Å². The molecule has 0 rings (SSSR count). The largest absolute Gasteiger partial charge is 0.455 e. The Morgan fingerprint density at radius 1 is 1.80 bits per heavy atom. The van der Waals surface area contributed by atoms with E-state index < -0.39 is 16.5 Å². The second kappa shape index (κ2) is 3.85. The van der Waals surface area contributed by atoms with Gasteiger partial charge in [-0.3, -0.25) is 0 Å². The standard InChI is InChI=1S/C5H5F2IO2/c1-2-4(9)10-3-5(6,7)8/h2H,1,3H2. The van der Waals surface area contributed by atoms with Crippen molar-refractivity contribution >= 4 is 28.6 Å². The van der Waals surface area contributed by atoms with Crippen molar-refractivity contribution in [2.75, 3.05) is 6.61 Å². The van der Waals surface area contributed by atoms with Crippen LogP contribution in [0, 0.1) is 0 Å². The van der Waals surface area contributed by atoms with Gasteiger partial charge in [-0.1, -0.05) is 6.58 Å². The molecule has 5 heteroatoms. The summed E-state index contributed by atoms with van der Waals surface area (Å²) in [6.07, 6.45) is 0.836. The molecule has 0 aliphatic heterocycles. The number of ether oxygens (including phenoxy) is 1. The van der Waals surface area contributed by atoms with Crippen molar-refractivity contribution in [1.29, 1.82) is 0 Å². The molecule has 0 aromatic heterocycles. The van der Waals surface area contributed by atoms with Crippen molar-refractivity contribution in [2.45, 2.75) is 3.93 Å². The lowest BCUT2D eigenvalue weighted by molar-refractivity contribution is -0.142. The first-order valence-corrected chi connectivity index (χ1v) is 3.39. The van der Waals surface area contributed by atoms with Gasteiger partial charge in [-0.15, -0.1) is 0 Å². The van der Waals surface area contributed by atoms with Gasteiger partial charge in [0.15, 0.2) is 6.61 Å². The summed E-state index contributed by atoms with van der Waals surface area (Å²) in [5, 5.41) is 0. The maximum Gasteiger partial charge on any atom is 0.330 e. The summed E-state index contributed by atoms with van der Waals surface area (Å²) in [6, 6.07) is 0. The Bertz CT molecular complexity index is 141. The second-order valence-electron chi connectivity index (χ2n) is 1.43. The van der Waals surface area contributed by atoms with Gasteiger partial charge in [0, 0.05) is 28.7 Å². The van der Waals surface area contributed by atoms with E-state index in [1.165, 1.54) is 0 Å². The molecule has 0 aromatic rings. The average molecular weight is 262 g/mol. The molecule has 0 aromatic carbocycles. The summed E-state index contributed by atoms with van der Waals surface area (Å²) in [7, 11) is 0. The molecule has 0 fully saturated rings. The van der Waals surface area contributed by atoms with Gasteiger partial charge in [0.25, 0.3) is 0 Å². The number of alkyl halides is 3. The summed E-state index contributed by atoms with van der Waals surface area (Å²) in [5.74, 6) is -0.837. The Labute approximate surface area is 70.4 Å². The minimum Gasteiger partial charge on any atom is -0.455 e. The molecule has 0 atom stereocenters. The van der Waals surface area contributed by atoms with Crippen LogP contribution in [0.15, 0.2) is 12.7 Å². The molecule has 0 spiro atoms. The molecule has 0 N–H and O–H groups in total. The average Bonchev–Trinajstić information content (AvgIpc) is 1.81. The number of hydrogen-bond acceptors (Lipinski definition) is 2. The zero-order valence-electron chi connectivity index (χ0n) is 4.94. The fraction of sp³-hybridized carbons (Fsp3) is 0.400. The quantitative estimate of drug-likeness (QED) is 0.335. The highest BCUT2D eigenvalue weighted by molar-refractivity contribution is 14.1. The van der Waals surface area contributed by atoms with E-state index in [0.29, 0.717) is 0 Å². The Morgan fingerprint density at radius 3 is 2.60 bits per heavy atom. The predicted octanol–water partition coefficient (Wildman–Crippen LogP) is 1.74. The van der Waals surface area contributed by atoms with Crippen molar-refractivity contribution in [3.8, 4) is 0 Å². The van der Waals surface area contributed by atoms with Gasteiger partial charge in [-0.2, -0.15) is 8.78 Å². The lowest BCUT2D eigenvalue weighted by Crippen LogP contribution is -2.17. The molecule has 0 aliphatic carbocycles. The van der Waals surface area contributed by atoms with Gasteiger partial charge >= 0.3 is 9.90 Å². The van der Waals surface area contributed by atoms with Crippen LogP contribution in [0.2, 0.25) is 0 Å². The maximum absolute atomic E-state index is 11.9. The van der Waals surface area contributed by atoms with Gasteiger partial charge in [0.05, 0.1) is 0 Å². The summed E-state index contributed by atoms with van der Waals surface area (Å²) in [4.78, 5) is 10.2. The third-order valence-corrected chi connectivity index (χ3v) is 0.856. The molecule has 0 saturated heterocycles. The van der Waals surface area contributed by atoms with Gasteiger partial charge in [-0.05, 0) is 0 Å². The lowest BCUT2D eigenvalue weighted by Gasteiger charge is -2.06. The van der Waals surface area contributed by atoms with E-state index in [1.54, 1.807) is 0 Å². The van der Waals surface area contributed by atoms with Crippen LogP contribution < -0.4 is 0 Å². The van der Waals surface area contributed by atoms with Crippen LogP contribution in [0.3, 0.4) is 0 Å². The Hall–Kier alpha value is -0.200. The lowest BCUT2D eigenvalue weighted by atomic mass is 10.6. The monoisotopic (exact) mass is 262 g/mol. The van der Waals surface area contributed by atoms with Crippen LogP contribution >= 0.6 is 22.6 Å². The summed E-state index contributed by atoms with van der Waals surface area (Å²) < 4.78 is 24.8. The molecule has 0 radical (unpaired) electrons. The maximum atomic E-state index is 11.9. The van der Waals surface area contributed by atoms with E-state index in [4.69, 9.17) is 0 Å². The van der Waals surface area contributed by atoms with E-state index in [9.17, 15) is 13.6 Å². The summed E-state index contributed by atoms with van der Waals surface area (Å²) >= 11 is 0.881. The first-order valence-electron chi connectivity index (χ1n) is 2.31. The van der Waals surface area contributed by atoms with Crippen molar-refractivity contribution in [3.63, 3.8) is 0 Å². The van der Waals surface area contributed by atoms with Crippen LogP contribution in [0.5, 0.6) is 0 Å². The third kappa shape index (κ3) is 5.93. The van der Waals surface area contributed by atoms with E-state index in [1.807, 2.05) is 0 Å². The number of esters is 1. The predicted molar refractivity (Wildman–Crippen MR) is 40.1 cm³/mol. The SMILES string of the molecule is C=CC(=O)OCC(F)(F)I. The van der Waals surface area contributed by atoms with Crippen molar-refractivity contribution < 1.29 is 18.3 Å². The van der Waals surface area contributed by atoms with E-state index >= 15 is 0 Å². The molecule has 10 heavy (non-hydrogen) atoms. The fourth-order valence-electron chi connectivity index (χ4n) is 0.212. The minimum absolute atomic E-state index is 0.836. The summed E-state index contributed by atoms with van der Waals surface area (Å²) in [6.45, 7) is 2.14. The molecule has 0 unspecified atom stereocenters. The molecule has 0 bridgehead atoms. The van der Waals surface area contributed by atoms with Gasteiger partial charge in [0.1, 0.15) is 0 Å². The first kappa shape index (κ1) is 9.80. The van der Waals surface area contributed by atoms with Crippen molar-refractivity contribution in [1.82, 2.24) is 0 Å². The zero-order valence-corrected chi connectivity index (χ0v) is 7.10. The van der Waals surface area contributed by atoms with Gasteiger partial charge in [-0.25, -0.2) is 4.79 Å². The zero-order chi connectivity index (χ0) is 8.20. The normalized spacial score (nSPS) is 10.7. The fourth-order valence-corrected chi connectivity index (χ4v) is 0.368. The minimum atomic E-state index is -2.99. The second-order valence-corrected chi connectivity index (χ2v) is 3.01. The third-order valence-electron chi connectivity index (χ3n) is 0.545. The Morgan fingerprint density at radius 2 is 2.30 bits per heavy atom. The van der Waals surface area contributed by atoms with Gasteiger partial charge in [0.2, 0.25) is 0 Å². The van der Waals surface area contributed by atoms with Crippen LogP contribution in [0.1, 0.15) is 0 Å². The number of rotatable bonds is 3. The van der Waals surface area contributed by atoms with Crippen molar-refractivity contribution in [2.24, 2.45) is 0 Å². The highest BCUT2D eigenvalue weighted by Gasteiger charge is 2.25. The molecular formula is C5H5F2IO2. The van der Waals surface area contributed by atoms with Crippen LogP contribution in [0.25, 0.3) is 0 Å². The number of carbonyl (C=O) groups is 1. The Kier molecular flexibility index (Phi) is 3.77. The number of carbonyl (C=O) groups excluding carboxylic acids is 1. The summed E-state index contributed by atoms with van der Waals surface area (Å²) in [5.41, 5.74) is 0. The molecule has 0 heterocycles. The van der Waals surface area contributed by atoms with Crippen LogP contribution in [-0.2, 0) is 9.53 Å². The molecule has 2 nitrogen and oxygen atoms in total. The Balaban J connectivity index is 3.55. The molecule has 0 saturated carbocycles. The first-order chi connectivity index (χ1) is 4.45. The highest BCUT2D eigenvalue weighted by Crippen LogP contribution is 2.22. The highest BCUT2D eigenvalue weighted by atomic mass is 127. The van der Waals surface area contributed by atoms with E-state index in [0.717, 1.165) is 28.7 Å². The number of halogens is 3.